The molecule has 0 saturated carbocycles. The van der Waals surface area contributed by atoms with Gasteiger partial charge in [0.2, 0.25) is 5.78 Å². The summed E-state index contributed by atoms with van der Waals surface area (Å²) in [6.07, 6.45) is 1.75. The Bertz CT molecular complexity index is 874. The molecule has 29 heavy (non-hydrogen) atoms. The third-order valence-electron chi connectivity index (χ3n) is 3.87. The summed E-state index contributed by atoms with van der Waals surface area (Å²) in [5.41, 5.74) is 11.3. The second-order valence-electron chi connectivity index (χ2n) is 6.02. The Hall–Kier alpha value is -1.97. The predicted molar refractivity (Wildman–Crippen MR) is 112 cm³/mol. The molecule has 1 aromatic carbocycles. The van der Waals surface area contributed by atoms with Crippen LogP contribution in [-0.4, -0.2) is 36.9 Å². The normalized spacial score (nSPS) is 11.7. The number of hydrogen-bond donors (Lipinski definition) is 2. The first kappa shape index (κ1) is 23.3. The van der Waals surface area contributed by atoms with Crippen LogP contribution in [0.3, 0.4) is 0 Å². The summed E-state index contributed by atoms with van der Waals surface area (Å²) in [5.74, 6) is -1.95. The van der Waals surface area contributed by atoms with E-state index in [9.17, 15) is 14.4 Å². The van der Waals surface area contributed by atoms with E-state index in [2.05, 4.69) is 4.74 Å². The molecule has 0 aliphatic carbocycles. The fourth-order valence-electron chi connectivity index (χ4n) is 2.34. The Morgan fingerprint density at radius 3 is 2.52 bits per heavy atom. The van der Waals surface area contributed by atoms with Gasteiger partial charge in [0.1, 0.15) is 16.8 Å². The first-order valence-corrected chi connectivity index (χ1v) is 10.4. The predicted octanol–water partition coefficient (Wildman–Crippen LogP) is 3.19. The number of benzene rings is 1. The van der Waals surface area contributed by atoms with Gasteiger partial charge in [0, 0.05) is 5.56 Å². The number of nitrogens with two attached hydrogens (primary N) is 2. The molecule has 0 radical (unpaired) electrons. The number of halogens is 2. The highest BCUT2D eigenvalue weighted by Crippen LogP contribution is 2.36. The van der Waals surface area contributed by atoms with E-state index in [1.54, 1.807) is 17.5 Å². The fraction of sp³-hybridized carbons (Fsp3) is 0.316. The average Bonchev–Trinajstić information content (AvgIpc) is 3.23. The number of carbonyl (C=O) groups excluding carboxylic acids is 3. The lowest BCUT2D eigenvalue weighted by molar-refractivity contribution is -0.162. The first-order valence-electron chi connectivity index (χ1n) is 8.74. The lowest BCUT2D eigenvalue weighted by atomic mass is 10.1. The molecule has 0 unspecified atom stereocenters. The van der Waals surface area contributed by atoms with Crippen molar-refractivity contribution in [2.45, 2.75) is 25.3 Å². The highest BCUT2D eigenvalue weighted by molar-refractivity contribution is 7.12. The summed E-state index contributed by atoms with van der Waals surface area (Å²) >= 11 is 13.6. The highest BCUT2D eigenvalue weighted by Gasteiger charge is 2.21. The summed E-state index contributed by atoms with van der Waals surface area (Å²) < 4.78 is 9.93. The van der Waals surface area contributed by atoms with Gasteiger partial charge in [-0.05, 0) is 43.0 Å². The summed E-state index contributed by atoms with van der Waals surface area (Å²) in [6, 6.07) is 5.39. The van der Waals surface area contributed by atoms with Crippen LogP contribution in [-0.2, 0) is 14.3 Å². The van der Waals surface area contributed by atoms with Crippen molar-refractivity contribution in [2.75, 3.05) is 13.2 Å². The van der Waals surface area contributed by atoms with Crippen molar-refractivity contribution < 1.29 is 23.9 Å². The zero-order valence-corrected chi connectivity index (χ0v) is 17.7. The number of esters is 2. The van der Waals surface area contributed by atoms with Crippen molar-refractivity contribution in [2.24, 2.45) is 11.5 Å². The molecule has 10 heteroatoms. The molecule has 7 nitrogen and oxygen atoms in total. The Morgan fingerprint density at radius 1 is 1.10 bits per heavy atom. The molecule has 1 heterocycles. The van der Waals surface area contributed by atoms with Gasteiger partial charge in [-0.1, -0.05) is 35.7 Å². The fourth-order valence-corrected chi connectivity index (χ4v) is 3.48. The van der Waals surface area contributed by atoms with E-state index < -0.39 is 24.6 Å². The van der Waals surface area contributed by atoms with Crippen molar-refractivity contribution in [1.29, 1.82) is 0 Å². The maximum Gasteiger partial charge on any atom is 0.351 e. The van der Waals surface area contributed by atoms with Crippen LogP contribution in [0, 0.1) is 0 Å². The number of unbranched alkanes of at least 4 members (excludes halogenated alkanes) is 1. The molecule has 0 bridgehead atoms. The van der Waals surface area contributed by atoms with E-state index in [1.807, 2.05) is 0 Å². The first-order chi connectivity index (χ1) is 13.8. The van der Waals surface area contributed by atoms with Gasteiger partial charge in [-0.15, -0.1) is 11.3 Å². The van der Waals surface area contributed by atoms with Crippen molar-refractivity contribution in [1.82, 2.24) is 0 Å². The number of thiophene rings is 1. The lowest BCUT2D eigenvalue weighted by Gasteiger charge is -2.12. The lowest BCUT2D eigenvalue weighted by Crippen LogP contribution is -2.35. The SMILES string of the molecule is NCCCC[C@H](N)C(=O)OC(=O)COc1ccc(C(=O)c2cccs2)c(Cl)c1Cl. The second-order valence-corrected chi connectivity index (χ2v) is 7.72. The summed E-state index contributed by atoms with van der Waals surface area (Å²) in [4.78, 5) is 36.5. The van der Waals surface area contributed by atoms with Gasteiger partial charge in [0.15, 0.2) is 6.61 Å². The van der Waals surface area contributed by atoms with Crippen molar-refractivity contribution in [3.63, 3.8) is 0 Å². The number of rotatable bonds is 10. The van der Waals surface area contributed by atoms with Crippen LogP contribution in [0.2, 0.25) is 10.0 Å². The van der Waals surface area contributed by atoms with E-state index in [-0.39, 0.29) is 27.1 Å². The molecule has 0 amide bonds. The topological polar surface area (TPSA) is 122 Å². The summed E-state index contributed by atoms with van der Waals surface area (Å²) in [7, 11) is 0. The van der Waals surface area contributed by atoms with E-state index in [1.165, 1.54) is 23.5 Å². The number of ketones is 1. The van der Waals surface area contributed by atoms with Gasteiger partial charge in [0.05, 0.1) is 9.90 Å². The minimum atomic E-state index is -0.921. The summed E-state index contributed by atoms with van der Waals surface area (Å²) in [6.45, 7) is -0.0783. The molecule has 0 aliphatic rings. The van der Waals surface area contributed by atoms with Crippen LogP contribution in [0.1, 0.15) is 34.5 Å². The molecule has 1 atom stereocenters. The van der Waals surface area contributed by atoms with Crippen LogP contribution in [0.15, 0.2) is 29.6 Å². The Kier molecular flexibility index (Phi) is 9.06. The minimum absolute atomic E-state index is 0.00827. The summed E-state index contributed by atoms with van der Waals surface area (Å²) in [5, 5.41) is 1.76. The maximum absolute atomic E-state index is 12.4. The van der Waals surface area contributed by atoms with Gasteiger partial charge in [-0.2, -0.15) is 0 Å². The van der Waals surface area contributed by atoms with E-state index in [0.717, 1.165) is 6.42 Å². The van der Waals surface area contributed by atoms with Gasteiger partial charge < -0.3 is 20.9 Å². The molecule has 156 valence electrons. The van der Waals surface area contributed by atoms with Crippen LogP contribution in [0.25, 0.3) is 0 Å². The Balaban J connectivity index is 1.93. The quantitative estimate of drug-likeness (QED) is 0.242. The molecule has 1 aromatic heterocycles. The van der Waals surface area contributed by atoms with Crippen molar-refractivity contribution in [3.05, 3.63) is 50.1 Å². The molecule has 0 fully saturated rings. The zero-order chi connectivity index (χ0) is 21.4. The highest BCUT2D eigenvalue weighted by atomic mass is 35.5. The average molecular weight is 459 g/mol. The molecule has 0 spiro atoms. The number of ether oxygens (including phenoxy) is 2. The largest absolute Gasteiger partial charge is 0.480 e. The van der Waals surface area contributed by atoms with Crippen LogP contribution in [0.5, 0.6) is 5.75 Å². The molecule has 2 aromatic rings. The van der Waals surface area contributed by atoms with E-state index in [4.69, 9.17) is 39.4 Å². The van der Waals surface area contributed by atoms with Crippen LogP contribution >= 0.6 is 34.5 Å². The smallest absolute Gasteiger partial charge is 0.351 e. The van der Waals surface area contributed by atoms with E-state index >= 15 is 0 Å². The monoisotopic (exact) mass is 458 g/mol. The maximum atomic E-state index is 12.4. The van der Waals surface area contributed by atoms with Gasteiger partial charge >= 0.3 is 11.9 Å². The van der Waals surface area contributed by atoms with Crippen molar-refractivity contribution >= 4 is 52.3 Å². The second kappa shape index (κ2) is 11.3. The van der Waals surface area contributed by atoms with Gasteiger partial charge in [-0.25, -0.2) is 9.59 Å². The minimum Gasteiger partial charge on any atom is -0.480 e. The third kappa shape index (κ3) is 6.52. The number of hydrogen-bond acceptors (Lipinski definition) is 8. The Morgan fingerprint density at radius 2 is 1.86 bits per heavy atom. The van der Waals surface area contributed by atoms with Gasteiger partial charge in [-0.3, -0.25) is 4.79 Å². The third-order valence-corrected chi connectivity index (χ3v) is 5.60. The van der Waals surface area contributed by atoms with Crippen LogP contribution < -0.4 is 16.2 Å². The molecule has 0 saturated heterocycles. The van der Waals surface area contributed by atoms with E-state index in [0.29, 0.717) is 24.3 Å². The standard InChI is InChI=1S/C19H20Cl2N2O5S/c20-16-11(18(25)14-5-3-9-29-14)6-7-13(17(16)21)27-10-15(24)28-19(26)12(23)4-1-2-8-22/h3,5-7,9,12H,1-2,4,8,10,22-23H2/t12-/m0/s1. The van der Waals surface area contributed by atoms with Gasteiger partial charge in [0.25, 0.3) is 0 Å². The molecule has 0 aliphatic heterocycles. The van der Waals surface area contributed by atoms with Crippen molar-refractivity contribution in [3.8, 4) is 5.75 Å². The zero-order valence-electron chi connectivity index (χ0n) is 15.4. The number of carbonyl (C=O) groups is 3. The molecule has 2 rings (SSSR count). The Labute approximate surface area is 181 Å². The van der Waals surface area contributed by atoms with Crippen LogP contribution in [0.4, 0.5) is 0 Å². The molecule has 4 N–H and O–H groups in total. The molecular weight excluding hydrogens is 439 g/mol. The molecular formula is C19H20Cl2N2O5S.